The van der Waals surface area contributed by atoms with Gasteiger partial charge in [-0.05, 0) is 63.5 Å². The lowest BCUT2D eigenvalue weighted by atomic mass is 9.96. The van der Waals surface area contributed by atoms with Crippen molar-refractivity contribution in [2.45, 2.75) is 6.04 Å². The molecule has 3 nitrogen and oxygen atoms in total. The average molecular weight is 362 g/mol. The van der Waals surface area contributed by atoms with Gasteiger partial charge in [0, 0.05) is 21.7 Å². The van der Waals surface area contributed by atoms with E-state index < -0.39 is 0 Å². The Kier molecular flexibility index (Phi) is 3.69. The number of phenols is 2. The van der Waals surface area contributed by atoms with Crippen LogP contribution in [0.2, 0.25) is 0 Å². The fraction of sp³-hybridized carbons (Fsp3) is 0.0625. The Bertz CT molecular complexity index is 728. The molecule has 0 fully saturated rings. The number of anilines is 1. The first-order valence-electron chi connectivity index (χ1n) is 6.33. The molecule has 2 aromatic carbocycles. The van der Waals surface area contributed by atoms with Crippen molar-refractivity contribution in [3.05, 3.63) is 59.8 Å². The van der Waals surface area contributed by atoms with Crippen LogP contribution in [0.1, 0.15) is 17.2 Å². The second-order valence-corrected chi connectivity index (χ2v) is 5.88. The van der Waals surface area contributed by atoms with E-state index in [9.17, 15) is 10.2 Å². The highest BCUT2D eigenvalue weighted by Crippen LogP contribution is 2.40. The molecule has 1 aliphatic rings. The minimum atomic E-state index is -0.110. The van der Waals surface area contributed by atoms with Gasteiger partial charge in [0.2, 0.25) is 0 Å². The molecule has 5 heteroatoms. The van der Waals surface area contributed by atoms with Crippen LogP contribution in [-0.4, -0.2) is 15.6 Å². The minimum absolute atomic E-state index is 0.110. The van der Waals surface area contributed by atoms with Gasteiger partial charge >= 0.3 is 0 Å². The monoisotopic (exact) mass is 361 g/mol. The standard InChI is InChI=1S/C16H12BrNO2S/c17-15-8-18(10-1-3-11(19)4-2-10)16(9-21)13-6-5-12(20)7-14(13)15/h1-9,16,19-20H. The Morgan fingerprint density at radius 2 is 1.71 bits per heavy atom. The van der Waals surface area contributed by atoms with E-state index >= 15 is 0 Å². The number of benzene rings is 2. The Morgan fingerprint density at radius 3 is 2.38 bits per heavy atom. The van der Waals surface area contributed by atoms with Gasteiger partial charge in [-0.3, -0.25) is 0 Å². The van der Waals surface area contributed by atoms with Gasteiger partial charge in [-0.15, -0.1) is 0 Å². The summed E-state index contributed by atoms with van der Waals surface area (Å²) in [4.78, 5) is 2.02. The number of hydrogen-bond acceptors (Lipinski definition) is 4. The molecule has 21 heavy (non-hydrogen) atoms. The number of fused-ring (bicyclic) bond motifs is 1. The SMILES string of the molecule is Oc1ccc(N2C=C(Br)c3cc(O)ccc3C2C=S)cc1. The van der Waals surface area contributed by atoms with Crippen molar-refractivity contribution in [2.75, 3.05) is 4.90 Å². The molecule has 0 radical (unpaired) electrons. The average Bonchev–Trinajstić information content (AvgIpc) is 2.48. The topological polar surface area (TPSA) is 43.7 Å². The third kappa shape index (κ3) is 2.54. The third-order valence-electron chi connectivity index (χ3n) is 3.44. The van der Waals surface area contributed by atoms with Gasteiger partial charge in [-0.2, -0.15) is 0 Å². The molecule has 0 aliphatic carbocycles. The van der Waals surface area contributed by atoms with Crippen molar-refractivity contribution in [3.8, 4) is 11.5 Å². The predicted molar refractivity (Wildman–Crippen MR) is 92.0 cm³/mol. The maximum atomic E-state index is 9.65. The molecule has 1 atom stereocenters. The van der Waals surface area contributed by atoms with E-state index in [4.69, 9.17) is 12.2 Å². The number of rotatable bonds is 2. The summed E-state index contributed by atoms with van der Waals surface area (Å²) in [6.45, 7) is 0. The normalized spacial score (nSPS) is 17.1. The van der Waals surface area contributed by atoms with Crippen LogP contribution in [-0.2, 0) is 0 Å². The van der Waals surface area contributed by atoms with E-state index in [0.29, 0.717) is 0 Å². The molecule has 0 saturated heterocycles. The van der Waals surface area contributed by atoms with Crippen LogP contribution in [0.15, 0.2) is 48.7 Å². The zero-order valence-corrected chi connectivity index (χ0v) is 13.3. The number of phenolic OH excluding ortho intramolecular Hbond substituents is 2. The quantitative estimate of drug-likeness (QED) is 0.780. The first-order valence-corrected chi connectivity index (χ1v) is 7.60. The van der Waals surface area contributed by atoms with Crippen molar-refractivity contribution < 1.29 is 10.2 Å². The molecule has 1 unspecified atom stereocenters. The molecular formula is C16H12BrNO2S. The largest absolute Gasteiger partial charge is 0.508 e. The van der Waals surface area contributed by atoms with Crippen LogP contribution in [0.5, 0.6) is 11.5 Å². The van der Waals surface area contributed by atoms with Crippen LogP contribution in [0.3, 0.4) is 0 Å². The highest BCUT2D eigenvalue weighted by atomic mass is 79.9. The summed E-state index contributed by atoms with van der Waals surface area (Å²) >= 11 is 8.74. The second-order valence-electron chi connectivity index (χ2n) is 4.75. The first-order chi connectivity index (χ1) is 10.1. The van der Waals surface area contributed by atoms with Crippen LogP contribution < -0.4 is 4.90 Å². The molecule has 3 rings (SSSR count). The van der Waals surface area contributed by atoms with Gasteiger partial charge in [0.25, 0.3) is 0 Å². The summed E-state index contributed by atoms with van der Waals surface area (Å²) in [6, 6.07) is 12.1. The molecule has 1 heterocycles. The van der Waals surface area contributed by atoms with Gasteiger partial charge < -0.3 is 15.1 Å². The molecular weight excluding hydrogens is 350 g/mol. The molecule has 1 aliphatic heterocycles. The van der Waals surface area contributed by atoms with Crippen molar-refractivity contribution >= 4 is 43.7 Å². The molecule has 0 amide bonds. The number of aromatic hydroxyl groups is 2. The van der Waals surface area contributed by atoms with Crippen LogP contribution in [0.4, 0.5) is 5.69 Å². The van der Waals surface area contributed by atoms with Crippen LogP contribution >= 0.6 is 28.1 Å². The van der Waals surface area contributed by atoms with Crippen molar-refractivity contribution in [1.29, 1.82) is 0 Å². The first kappa shape index (κ1) is 14.1. The fourth-order valence-electron chi connectivity index (χ4n) is 2.43. The van der Waals surface area contributed by atoms with Crippen LogP contribution in [0.25, 0.3) is 4.48 Å². The molecule has 2 N–H and O–H groups in total. The zero-order chi connectivity index (χ0) is 15.0. The summed E-state index contributed by atoms with van der Waals surface area (Å²) in [5.41, 5.74) is 2.87. The van der Waals surface area contributed by atoms with Crippen molar-refractivity contribution in [1.82, 2.24) is 0 Å². The lowest BCUT2D eigenvalue weighted by Gasteiger charge is -2.34. The van der Waals surface area contributed by atoms with E-state index in [2.05, 4.69) is 15.9 Å². The highest BCUT2D eigenvalue weighted by Gasteiger charge is 2.26. The lowest BCUT2D eigenvalue weighted by molar-refractivity contribution is 0.474. The van der Waals surface area contributed by atoms with E-state index in [-0.39, 0.29) is 17.5 Å². The van der Waals surface area contributed by atoms with E-state index in [0.717, 1.165) is 21.3 Å². The van der Waals surface area contributed by atoms with Gasteiger partial charge in [-0.1, -0.05) is 18.3 Å². The van der Waals surface area contributed by atoms with Gasteiger partial charge in [0.15, 0.2) is 0 Å². The maximum absolute atomic E-state index is 9.65. The minimum Gasteiger partial charge on any atom is -0.508 e. The smallest absolute Gasteiger partial charge is 0.116 e. The Balaban J connectivity index is 2.12. The van der Waals surface area contributed by atoms with Crippen molar-refractivity contribution in [3.63, 3.8) is 0 Å². The number of thiocarbonyl (C=S) groups is 1. The van der Waals surface area contributed by atoms with Gasteiger partial charge in [0.1, 0.15) is 11.5 Å². The van der Waals surface area contributed by atoms with E-state index in [1.165, 1.54) is 0 Å². The maximum Gasteiger partial charge on any atom is 0.116 e. The summed E-state index contributed by atoms with van der Waals surface area (Å²) in [7, 11) is 0. The molecule has 106 valence electrons. The molecule has 2 aromatic rings. The number of nitrogens with zero attached hydrogens (tertiary/aromatic N) is 1. The summed E-state index contributed by atoms with van der Waals surface area (Å²) in [5.74, 6) is 0.448. The van der Waals surface area contributed by atoms with Crippen LogP contribution in [0, 0.1) is 0 Å². The highest BCUT2D eigenvalue weighted by molar-refractivity contribution is 9.15. The molecule has 0 spiro atoms. The molecule has 0 bridgehead atoms. The summed E-state index contributed by atoms with van der Waals surface area (Å²) < 4.78 is 0.870. The fourth-order valence-corrected chi connectivity index (χ4v) is 3.27. The van der Waals surface area contributed by atoms with Gasteiger partial charge in [0.05, 0.1) is 6.04 Å². The Labute approximate surface area is 136 Å². The predicted octanol–water partition coefficient (Wildman–Crippen LogP) is 4.35. The number of hydrogen-bond donors (Lipinski definition) is 2. The third-order valence-corrected chi connectivity index (χ3v) is 4.33. The van der Waals surface area contributed by atoms with E-state index in [1.807, 2.05) is 29.3 Å². The Hall–Kier alpha value is -1.85. The van der Waals surface area contributed by atoms with E-state index in [1.54, 1.807) is 29.6 Å². The molecule has 0 aromatic heterocycles. The number of halogens is 1. The molecule has 0 saturated carbocycles. The second kappa shape index (κ2) is 5.50. The van der Waals surface area contributed by atoms with Gasteiger partial charge in [-0.25, -0.2) is 0 Å². The van der Waals surface area contributed by atoms with Crippen molar-refractivity contribution in [2.24, 2.45) is 0 Å². The summed E-state index contributed by atoms with van der Waals surface area (Å²) in [5, 5.41) is 20.8. The Morgan fingerprint density at radius 1 is 1.05 bits per heavy atom. The zero-order valence-electron chi connectivity index (χ0n) is 10.9. The summed E-state index contributed by atoms with van der Waals surface area (Å²) in [6.07, 6.45) is 1.93. The lowest BCUT2D eigenvalue weighted by Crippen LogP contribution is -2.27.